The van der Waals surface area contributed by atoms with Gasteiger partial charge >= 0.3 is 5.97 Å². The van der Waals surface area contributed by atoms with E-state index in [0.717, 1.165) is 88.9 Å². The summed E-state index contributed by atoms with van der Waals surface area (Å²) in [4.78, 5) is 38.6. The number of carboxylic acids is 1. The zero-order valence-corrected chi connectivity index (χ0v) is 37.8. The van der Waals surface area contributed by atoms with Crippen LogP contribution in [0.25, 0.3) is 0 Å². The topological polar surface area (TPSA) is 153 Å². The number of piperidine rings is 2. The highest BCUT2D eigenvalue weighted by Gasteiger charge is 2.24. The summed E-state index contributed by atoms with van der Waals surface area (Å²) in [6.45, 7) is 10.5. The third-order valence-electron chi connectivity index (χ3n) is 11.6. The van der Waals surface area contributed by atoms with Gasteiger partial charge in [-0.05, 0) is 112 Å². The maximum atomic E-state index is 13.1. The Labute approximate surface area is 377 Å². The first-order valence-corrected chi connectivity index (χ1v) is 23.8. The number of aryl methyl sites for hydroxylation is 2. The Morgan fingerprint density at radius 1 is 0.714 bits per heavy atom. The van der Waals surface area contributed by atoms with Gasteiger partial charge in [0, 0.05) is 55.4 Å². The van der Waals surface area contributed by atoms with E-state index in [1.54, 1.807) is 33.3 Å². The van der Waals surface area contributed by atoms with E-state index in [4.69, 9.17) is 20.2 Å². The van der Waals surface area contributed by atoms with Crippen molar-refractivity contribution in [1.29, 1.82) is 0 Å². The molecule has 2 unspecified atom stereocenters. The molecule has 0 bridgehead atoms. The smallest absolute Gasteiger partial charge is 0.352 e. The number of benzene rings is 2. The van der Waals surface area contributed by atoms with Crippen molar-refractivity contribution in [3.05, 3.63) is 129 Å². The van der Waals surface area contributed by atoms with Gasteiger partial charge in [-0.2, -0.15) is 0 Å². The lowest BCUT2D eigenvalue weighted by molar-refractivity contribution is 0.0685. The molecule has 13 nitrogen and oxygen atoms in total. The highest BCUT2D eigenvalue weighted by atomic mass is 32.1. The number of fused-ring (bicyclic) bond motifs is 2. The van der Waals surface area contributed by atoms with Gasteiger partial charge in [-0.15, -0.1) is 22.7 Å². The van der Waals surface area contributed by atoms with Gasteiger partial charge < -0.3 is 44.6 Å². The van der Waals surface area contributed by atoms with Gasteiger partial charge in [0.25, 0.3) is 5.91 Å². The minimum atomic E-state index is -0.894. The molecule has 2 atom stereocenters. The van der Waals surface area contributed by atoms with Crippen molar-refractivity contribution >= 4 is 44.8 Å². The second-order valence-electron chi connectivity index (χ2n) is 16.9. The lowest BCUT2D eigenvalue weighted by Gasteiger charge is -2.26. The molecule has 4 aliphatic heterocycles. The highest BCUT2D eigenvalue weighted by molar-refractivity contribution is 7.14. The molecular weight excluding hydrogens is 833 g/mol. The Kier molecular flexibility index (Phi) is 14.4. The van der Waals surface area contributed by atoms with E-state index in [9.17, 15) is 14.7 Å². The molecule has 1 amide bonds. The van der Waals surface area contributed by atoms with Crippen molar-refractivity contribution in [3.8, 4) is 11.5 Å². The summed E-state index contributed by atoms with van der Waals surface area (Å²) in [5.41, 5.74) is 13.0. The lowest BCUT2D eigenvalue weighted by Crippen LogP contribution is -2.43. The molecule has 2 fully saturated rings. The quantitative estimate of drug-likeness (QED) is 0.130. The van der Waals surface area contributed by atoms with Gasteiger partial charge in [0.2, 0.25) is 0 Å². The summed E-state index contributed by atoms with van der Waals surface area (Å²) in [5, 5.41) is 18.7. The summed E-state index contributed by atoms with van der Waals surface area (Å²) in [5.74, 6) is 0.955. The third-order valence-corrected chi connectivity index (χ3v) is 13.5. The molecule has 0 radical (unpaired) electrons. The number of carboxylic acid groups (broad SMARTS) is 1. The predicted molar refractivity (Wildman–Crippen MR) is 250 cm³/mol. The molecule has 6 aromatic rings. The van der Waals surface area contributed by atoms with E-state index in [-0.39, 0.29) is 18.0 Å². The van der Waals surface area contributed by atoms with Crippen LogP contribution in [0.1, 0.15) is 93.1 Å². The van der Waals surface area contributed by atoms with E-state index in [2.05, 4.69) is 37.6 Å². The van der Waals surface area contributed by atoms with E-state index in [1.807, 2.05) is 78.7 Å². The maximum Gasteiger partial charge on any atom is 0.352 e. The standard InChI is InChI=1S/C24H28N4O2S.C15H19N3O2S.C9H11NO/c1-17-11-21(23(29)25-19-12-18-7-3-4-8-22(18)30-15-19)28(13-17)14-20-16-31-24(26-20)27-9-5-2-6-10-27;1-11-7-13(14(19)20)18(8-11)9-12-10-21-15(16-12)17-5-3-2-4-6-17;10-8-5-7-3-1-2-4-9(7)11-6-8/h3-4,7-8,11,13,16,19H,2,5-6,9-10,12,14-15H2,1H3,(H,25,29);7-8,10H,2-6,9H2,1H3,(H,19,20);1-4,8H,5-6,10H2. The van der Waals surface area contributed by atoms with Crippen LogP contribution in [0.3, 0.4) is 0 Å². The predicted octanol–water partition coefficient (Wildman–Crippen LogP) is 7.96. The van der Waals surface area contributed by atoms with Crippen LogP contribution in [-0.2, 0) is 25.9 Å². The van der Waals surface area contributed by atoms with Gasteiger partial charge in [-0.3, -0.25) is 4.79 Å². The fourth-order valence-electron chi connectivity index (χ4n) is 8.52. The molecule has 2 aromatic carbocycles. The van der Waals surface area contributed by atoms with Crippen LogP contribution in [0.4, 0.5) is 10.3 Å². The number of nitrogens with two attached hydrogens (primary N) is 1. The number of para-hydroxylation sites is 2. The maximum absolute atomic E-state index is 13.1. The van der Waals surface area contributed by atoms with E-state index >= 15 is 0 Å². The van der Waals surface area contributed by atoms with Crippen molar-refractivity contribution in [3.63, 3.8) is 0 Å². The van der Waals surface area contributed by atoms with Gasteiger partial charge in [-0.1, -0.05) is 36.4 Å². The number of aromatic nitrogens is 4. The molecule has 63 heavy (non-hydrogen) atoms. The first-order chi connectivity index (χ1) is 30.6. The summed E-state index contributed by atoms with van der Waals surface area (Å²) in [6.07, 6.45) is 13.2. The largest absolute Gasteiger partial charge is 0.492 e. The van der Waals surface area contributed by atoms with Crippen molar-refractivity contribution in [1.82, 2.24) is 24.4 Å². The van der Waals surface area contributed by atoms with Crippen molar-refractivity contribution < 1.29 is 24.2 Å². The monoisotopic (exact) mass is 890 g/mol. The van der Waals surface area contributed by atoms with E-state index in [1.165, 1.54) is 44.1 Å². The fourth-order valence-corrected chi connectivity index (χ4v) is 10.3. The number of nitrogens with one attached hydrogen (secondary N) is 1. The number of hydrogen-bond acceptors (Lipinski definition) is 11. The van der Waals surface area contributed by atoms with Crippen LogP contribution in [0.15, 0.2) is 83.8 Å². The molecule has 4 N–H and O–H groups in total. The van der Waals surface area contributed by atoms with Crippen LogP contribution in [0.2, 0.25) is 0 Å². The molecule has 4 aliphatic rings. The molecule has 332 valence electrons. The summed E-state index contributed by atoms with van der Waals surface area (Å²) in [6, 6.07) is 19.9. The van der Waals surface area contributed by atoms with Gasteiger partial charge in [-0.25, -0.2) is 14.8 Å². The van der Waals surface area contributed by atoms with Crippen LogP contribution in [-0.4, -0.2) is 87.6 Å². The zero-order chi connectivity index (χ0) is 43.7. The molecule has 4 aromatic heterocycles. The molecule has 15 heteroatoms. The van der Waals surface area contributed by atoms with Crippen LogP contribution in [0.5, 0.6) is 11.5 Å². The number of anilines is 2. The zero-order valence-electron chi connectivity index (χ0n) is 36.2. The van der Waals surface area contributed by atoms with Crippen molar-refractivity contribution in [2.75, 3.05) is 49.2 Å². The Bertz CT molecular complexity index is 2460. The fraction of sp³-hybridized carbons (Fsp3) is 0.417. The van der Waals surface area contributed by atoms with E-state index in [0.29, 0.717) is 37.7 Å². The highest BCUT2D eigenvalue weighted by Crippen LogP contribution is 2.28. The number of aromatic carboxylic acids is 1. The minimum absolute atomic E-state index is 0.0315. The Morgan fingerprint density at radius 2 is 1.21 bits per heavy atom. The second-order valence-corrected chi connectivity index (χ2v) is 18.6. The summed E-state index contributed by atoms with van der Waals surface area (Å²) >= 11 is 3.35. The number of amides is 1. The second kappa shape index (κ2) is 20.7. The summed E-state index contributed by atoms with van der Waals surface area (Å²) in [7, 11) is 0. The number of rotatable bonds is 9. The molecule has 10 rings (SSSR count). The molecule has 0 spiro atoms. The minimum Gasteiger partial charge on any atom is -0.492 e. The lowest BCUT2D eigenvalue weighted by atomic mass is 10.0. The molecule has 2 saturated heterocycles. The average Bonchev–Trinajstić information content (AvgIpc) is 4.13. The van der Waals surface area contributed by atoms with Gasteiger partial charge in [0.1, 0.15) is 36.1 Å². The van der Waals surface area contributed by atoms with Crippen LogP contribution >= 0.6 is 22.7 Å². The number of hydrogen-bond donors (Lipinski definition) is 3. The molecular formula is C48H58N8O5S2. The van der Waals surface area contributed by atoms with Crippen LogP contribution in [0, 0.1) is 13.8 Å². The third kappa shape index (κ3) is 11.5. The first kappa shape index (κ1) is 44.0. The average molecular weight is 891 g/mol. The molecule has 0 aliphatic carbocycles. The number of carbonyl (C=O) groups excluding carboxylic acids is 1. The van der Waals surface area contributed by atoms with Crippen molar-refractivity contribution in [2.45, 2.75) is 90.4 Å². The Morgan fingerprint density at radius 3 is 1.76 bits per heavy atom. The number of thiazole rings is 2. The number of nitrogens with zero attached hydrogens (tertiary/aromatic N) is 6. The Hall–Kier alpha value is -5.64. The van der Waals surface area contributed by atoms with Crippen molar-refractivity contribution in [2.24, 2.45) is 5.73 Å². The summed E-state index contributed by atoms with van der Waals surface area (Å²) < 4.78 is 15.0. The number of ether oxygens (including phenoxy) is 2. The molecule has 0 saturated carbocycles. The van der Waals surface area contributed by atoms with Gasteiger partial charge in [0.05, 0.1) is 30.5 Å². The first-order valence-electron chi connectivity index (χ1n) is 22.1. The van der Waals surface area contributed by atoms with Gasteiger partial charge in [0.15, 0.2) is 10.3 Å². The van der Waals surface area contributed by atoms with Crippen LogP contribution < -0.4 is 30.3 Å². The normalized spacial score (nSPS) is 18.0. The number of carbonyl (C=O) groups is 2. The van der Waals surface area contributed by atoms with E-state index < -0.39 is 5.97 Å². The SMILES string of the molecule is Cc1cc(C(=O)NC2COc3ccccc3C2)n(Cc2csc(N3CCCCC3)n2)c1.Cc1cc(C(=O)O)n(Cc2csc(N3CCCCC3)n2)c1.NC1COc2ccccc2C1. The molecule has 8 heterocycles. The Balaban J connectivity index is 0.000000146.